The first-order valence-corrected chi connectivity index (χ1v) is 3.55. The van der Waals surface area contributed by atoms with Crippen LogP contribution in [0.3, 0.4) is 0 Å². The summed E-state index contributed by atoms with van der Waals surface area (Å²) < 4.78 is 0. The molecule has 0 aliphatic heterocycles. The zero-order valence-electron chi connectivity index (χ0n) is 7.05. The summed E-state index contributed by atoms with van der Waals surface area (Å²) in [5, 5.41) is 3.57. The van der Waals surface area contributed by atoms with Crippen molar-refractivity contribution in [3.63, 3.8) is 0 Å². The van der Waals surface area contributed by atoms with Crippen LogP contribution in [-0.4, -0.2) is 12.8 Å². The number of hydrogen-bond acceptors (Lipinski definition) is 2. The maximum absolute atomic E-state index is 4.95. The molecule has 0 amide bonds. The zero-order valence-corrected chi connectivity index (χ0v) is 7.05. The molecule has 0 atom stereocenters. The predicted octanol–water partition coefficient (Wildman–Crippen LogP) is 2.26. The van der Waals surface area contributed by atoms with Gasteiger partial charge in [0, 0.05) is 11.6 Å². The van der Waals surface area contributed by atoms with Crippen molar-refractivity contribution in [2.24, 2.45) is 10.6 Å². The standard InChI is InChI=1S/C8H16NO/c1-5-8(3,4)7-10-9-6-2/h6H,2,5,7H2,1,3-4H3. The lowest BCUT2D eigenvalue weighted by Gasteiger charge is -2.19. The fourth-order valence-corrected chi connectivity index (χ4v) is 0.367. The van der Waals surface area contributed by atoms with Crippen LogP contribution in [0.25, 0.3) is 0 Å². The Balaban J connectivity index is 3.46. The fourth-order valence-electron chi connectivity index (χ4n) is 0.367. The molecule has 59 valence electrons. The van der Waals surface area contributed by atoms with Gasteiger partial charge in [-0.2, -0.15) is 0 Å². The molecular weight excluding hydrogens is 126 g/mol. The van der Waals surface area contributed by atoms with Crippen molar-refractivity contribution in [3.05, 3.63) is 6.92 Å². The highest BCUT2D eigenvalue weighted by Crippen LogP contribution is 2.19. The van der Waals surface area contributed by atoms with Crippen LogP contribution >= 0.6 is 0 Å². The van der Waals surface area contributed by atoms with Crippen molar-refractivity contribution in [2.45, 2.75) is 27.2 Å². The van der Waals surface area contributed by atoms with Crippen molar-refractivity contribution in [1.29, 1.82) is 0 Å². The summed E-state index contributed by atoms with van der Waals surface area (Å²) in [6.07, 6.45) is 2.51. The SMILES string of the molecule is [CH2]C=NOCC(C)(C)CC. The maximum atomic E-state index is 4.95. The van der Waals surface area contributed by atoms with Crippen LogP contribution in [0.2, 0.25) is 0 Å². The Morgan fingerprint density at radius 1 is 1.60 bits per heavy atom. The average molecular weight is 142 g/mol. The maximum Gasteiger partial charge on any atom is 0.122 e. The van der Waals surface area contributed by atoms with Crippen LogP contribution in [0.5, 0.6) is 0 Å². The molecule has 0 fully saturated rings. The third kappa shape index (κ3) is 4.36. The lowest BCUT2D eigenvalue weighted by molar-refractivity contribution is 0.0666. The second kappa shape index (κ2) is 4.31. The van der Waals surface area contributed by atoms with Gasteiger partial charge >= 0.3 is 0 Å². The van der Waals surface area contributed by atoms with Crippen LogP contribution in [-0.2, 0) is 4.84 Å². The van der Waals surface area contributed by atoms with E-state index < -0.39 is 0 Å². The van der Waals surface area contributed by atoms with Gasteiger partial charge in [-0.1, -0.05) is 25.9 Å². The van der Waals surface area contributed by atoms with E-state index >= 15 is 0 Å². The summed E-state index contributed by atoms with van der Waals surface area (Å²) in [6.45, 7) is 10.5. The van der Waals surface area contributed by atoms with E-state index in [1.54, 1.807) is 0 Å². The molecule has 0 saturated heterocycles. The molecule has 10 heavy (non-hydrogen) atoms. The molecule has 0 aromatic rings. The first kappa shape index (κ1) is 9.47. The lowest BCUT2D eigenvalue weighted by Crippen LogP contribution is -2.16. The Kier molecular flexibility index (Phi) is 4.08. The van der Waals surface area contributed by atoms with Crippen molar-refractivity contribution < 1.29 is 4.84 Å². The molecule has 1 radical (unpaired) electrons. The average Bonchev–Trinajstić information content (AvgIpc) is 1.89. The van der Waals surface area contributed by atoms with Crippen LogP contribution in [0.15, 0.2) is 5.16 Å². The van der Waals surface area contributed by atoms with E-state index in [2.05, 4.69) is 32.9 Å². The minimum Gasteiger partial charge on any atom is -0.396 e. The summed E-state index contributed by atoms with van der Waals surface area (Å²) in [5.41, 5.74) is 0.229. The molecular formula is C8H16NO. The number of nitrogens with zero attached hydrogens (tertiary/aromatic N) is 1. The third-order valence-electron chi connectivity index (χ3n) is 1.56. The molecule has 2 nitrogen and oxygen atoms in total. The monoisotopic (exact) mass is 142 g/mol. The number of rotatable bonds is 4. The highest BCUT2D eigenvalue weighted by molar-refractivity contribution is 5.60. The highest BCUT2D eigenvalue weighted by atomic mass is 16.6. The van der Waals surface area contributed by atoms with E-state index in [0.717, 1.165) is 6.42 Å². The summed E-state index contributed by atoms with van der Waals surface area (Å²) in [7, 11) is 0. The van der Waals surface area contributed by atoms with Gasteiger partial charge in [0.05, 0.1) is 0 Å². The van der Waals surface area contributed by atoms with Gasteiger partial charge in [0.25, 0.3) is 0 Å². The molecule has 0 bridgehead atoms. The van der Waals surface area contributed by atoms with E-state index in [4.69, 9.17) is 4.84 Å². The molecule has 0 aromatic carbocycles. The molecule has 0 aliphatic carbocycles. The van der Waals surface area contributed by atoms with Gasteiger partial charge in [-0.25, -0.2) is 0 Å². The predicted molar refractivity (Wildman–Crippen MR) is 43.9 cm³/mol. The Bertz CT molecular complexity index is 108. The Morgan fingerprint density at radius 3 is 2.60 bits per heavy atom. The zero-order chi connectivity index (χ0) is 8.04. The normalized spacial score (nSPS) is 12.4. The lowest BCUT2D eigenvalue weighted by atomic mass is 9.92. The Morgan fingerprint density at radius 2 is 2.20 bits per heavy atom. The van der Waals surface area contributed by atoms with E-state index in [-0.39, 0.29) is 5.41 Å². The molecule has 0 spiro atoms. The quantitative estimate of drug-likeness (QED) is 0.436. The second-order valence-electron chi connectivity index (χ2n) is 3.08. The van der Waals surface area contributed by atoms with Crippen molar-refractivity contribution >= 4 is 6.21 Å². The van der Waals surface area contributed by atoms with E-state index in [1.165, 1.54) is 6.21 Å². The first-order chi connectivity index (χ1) is 4.62. The van der Waals surface area contributed by atoms with E-state index in [9.17, 15) is 0 Å². The summed E-state index contributed by atoms with van der Waals surface area (Å²) in [6, 6.07) is 0. The summed E-state index contributed by atoms with van der Waals surface area (Å²) in [4.78, 5) is 4.95. The van der Waals surface area contributed by atoms with Gasteiger partial charge in [0.2, 0.25) is 0 Å². The fraction of sp³-hybridized carbons (Fsp3) is 0.750. The smallest absolute Gasteiger partial charge is 0.122 e. The van der Waals surface area contributed by atoms with Gasteiger partial charge in [-0.3, -0.25) is 0 Å². The van der Waals surface area contributed by atoms with Crippen molar-refractivity contribution in [2.75, 3.05) is 6.61 Å². The van der Waals surface area contributed by atoms with Gasteiger partial charge < -0.3 is 4.84 Å². The number of hydrogen-bond donors (Lipinski definition) is 0. The first-order valence-electron chi connectivity index (χ1n) is 3.55. The van der Waals surface area contributed by atoms with E-state index in [0.29, 0.717) is 6.61 Å². The van der Waals surface area contributed by atoms with Gasteiger partial charge in [-0.05, 0) is 13.3 Å². The summed E-state index contributed by atoms with van der Waals surface area (Å²) >= 11 is 0. The minimum atomic E-state index is 0.229. The molecule has 0 aliphatic rings. The topological polar surface area (TPSA) is 21.6 Å². The molecule has 0 aromatic heterocycles. The van der Waals surface area contributed by atoms with Crippen molar-refractivity contribution in [1.82, 2.24) is 0 Å². The highest BCUT2D eigenvalue weighted by Gasteiger charge is 2.15. The van der Waals surface area contributed by atoms with Gasteiger partial charge in [0.15, 0.2) is 0 Å². The van der Waals surface area contributed by atoms with Gasteiger partial charge in [0.1, 0.15) is 6.61 Å². The largest absolute Gasteiger partial charge is 0.396 e. The molecule has 0 N–H and O–H groups in total. The Hall–Kier alpha value is -0.530. The number of oxime groups is 1. The Labute approximate surface area is 63.3 Å². The molecule has 0 saturated carbocycles. The molecule has 2 heteroatoms. The third-order valence-corrected chi connectivity index (χ3v) is 1.56. The van der Waals surface area contributed by atoms with Crippen LogP contribution < -0.4 is 0 Å². The molecule has 0 rings (SSSR count). The second-order valence-corrected chi connectivity index (χ2v) is 3.08. The van der Waals surface area contributed by atoms with Crippen LogP contribution in [0.4, 0.5) is 0 Å². The van der Waals surface area contributed by atoms with Gasteiger partial charge in [-0.15, -0.1) is 0 Å². The minimum absolute atomic E-state index is 0.229. The van der Waals surface area contributed by atoms with E-state index in [1.807, 2.05) is 0 Å². The molecule has 0 unspecified atom stereocenters. The van der Waals surface area contributed by atoms with Crippen molar-refractivity contribution in [3.8, 4) is 0 Å². The molecule has 0 heterocycles. The summed E-state index contributed by atoms with van der Waals surface area (Å²) in [5.74, 6) is 0. The van der Waals surface area contributed by atoms with Crippen LogP contribution in [0, 0.1) is 12.3 Å². The van der Waals surface area contributed by atoms with Crippen LogP contribution in [0.1, 0.15) is 27.2 Å².